The Balaban J connectivity index is 2.75. The van der Waals surface area contributed by atoms with Gasteiger partial charge in [0.25, 0.3) is 10.2 Å². The summed E-state index contributed by atoms with van der Waals surface area (Å²) < 4.78 is 28.7. The third-order valence-corrected chi connectivity index (χ3v) is 6.06. The first kappa shape index (κ1) is 18.2. The second-order valence-corrected chi connectivity index (χ2v) is 7.97. The number of nitrogens with zero attached hydrogens (tertiary/aromatic N) is 3. The second kappa shape index (κ2) is 8.54. The largest absolute Gasteiger partial charge is 0.308 e. The van der Waals surface area contributed by atoms with E-state index in [1.54, 1.807) is 8.61 Å². The zero-order valence-electron chi connectivity index (χ0n) is 12.9. The Hall–Kier alpha value is 0.120. The van der Waals surface area contributed by atoms with Crippen molar-refractivity contribution in [1.29, 1.82) is 0 Å². The quantitative estimate of drug-likeness (QED) is 0.635. The van der Waals surface area contributed by atoms with Crippen molar-refractivity contribution < 1.29 is 8.42 Å². The van der Waals surface area contributed by atoms with Crippen LogP contribution in [0.2, 0.25) is 0 Å². The molecule has 20 heavy (non-hydrogen) atoms. The van der Waals surface area contributed by atoms with Gasteiger partial charge in [-0.1, -0.05) is 6.92 Å². The van der Waals surface area contributed by atoms with Crippen molar-refractivity contribution in [3.8, 4) is 0 Å². The SMILES string of the molecule is CCCN(CCN(C)C)S(=O)(=O)N1CCCC(CCl)C1. The van der Waals surface area contributed by atoms with Gasteiger partial charge in [0.15, 0.2) is 0 Å². The highest BCUT2D eigenvalue weighted by molar-refractivity contribution is 7.86. The Bertz CT molecular complexity index is 376. The molecule has 1 fully saturated rings. The van der Waals surface area contributed by atoms with Gasteiger partial charge in [-0.2, -0.15) is 17.0 Å². The molecule has 0 aliphatic carbocycles. The third kappa shape index (κ3) is 5.15. The molecule has 120 valence electrons. The second-order valence-electron chi connectivity index (χ2n) is 5.73. The molecule has 0 bridgehead atoms. The van der Waals surface area contributed by atoms with E-state index in [-0.39, 0.29) is 5.92 Å². The lowest BCUT2D eigenvalue weighted by molar-refractivity contribution is 0.252. The van der Waals surface area contributed by atoms with Gasteiger partial charge in [-0.3, -0.25) is 0 Å². The van der Waals surface area contributed by atoms with Crippen molar-refractivity contribution in [3.63, 3.8) is 0 Å². The molecular formula is C13H28ClN3O2S. The molecule has 0 aromatic rings. The average Bonchev–Trinajstić information content (AvgIpc) is 2.43. The van der Waals surface area contributed by atoms with Crippen molar-refractivity contribution in [1.82, 2.24) is 13.5 Å². The van der Waals surface area contributed by atoms with E-state index in [1.807, 2.05) is 25.9 Å². The van der Waals surface area contributed by atoms with Crippen molar-refractivity contribution in [2.75, 3.05) is 52.7 Å². The summed E-state index contributed by atoms with van der Waals surface area (Å²) in [6.45, 7) is 5.07. The zero-order chi connectivity index (χ0) is 15.2. The highest BCUT2D eigenvalue weighted by atomic mass is 35.5. The predicted octanol–water partition coefficient (Wildman–Crippen LogP) is 1.46. The van der Waals surface area contributed by atoms with Gasteiger partial charge in [-0.25, -0.2) is 0 Å². The van der Waals surface area contributed by atoms with E-state index in [0.29, 0.717) is 32.1 Å². The maximum Gasteiger partial charge on any atom is 0.282 e. The normalized spacial score (nSPS) is 21.8. The number of hydrogen-bond donors (Lipinski definition) is 0. The Kier molecular flexibility index (Phi) is 7.75. The van der Waals surface area contributed by atoms with E-state index in [9.17, 15) is 8.42 Å². The van der Waals surface area contributed by atoms with E-state index in [1.165, 1.54) is 0 Å². The molecule has 7 heteroatoms. The maximum absolute atomic E-state index is 12.7. The summed E-state index contributed by atoms with van der Waals surface area (Å²) in [5.41, 5.74) is 0. The highest BCUT2D eigenvalue weighted by Crippen LogP contribution is 2.22. The van der Waals surface area contributed by atoms with Gasteiger partial charge in [-0.15, -0.1) is 11.6 Å². The van der Waals surface area contributed by atoms with Crippen molar-refractivity contribution >= 4 is 21.8 Å². The number of likely N-dealkylation sites (N-methyl/N-ethyl adjacent to an activating group) is 1. The first-order valence-corrected chi connectivity index (χ1v) is 9.30. The first-order chi connectivity index (χ1) is 9.41. The summed E-state index contributed by atoms with van der Waals surface area (Å²) in [6, 6.07) is 0. The maximum atomic E-state index is 12.7. The minimum Gasteiger partial charge on any atom is -0.308 e. The van der Waals surface area contributed by atoms with Crippen LogP contribution in [0.3, 0.4) is 0 Å². The molecule has 1 saturated heterocycles. The van der Waals surface area contributed by atoms with Crippen LogP contribution in [0.5, 0.6) is 0 Å². The fourth-order valence-corrected chi connectivity index (χ4v) is 4.49. The molecule has 0 spiro atoms. The van der Waals surface area contributed by atoms with Gasteiger partial charge in [0.1, 0.15) is 0 Å². The standard InChI is InChI=1S/C13H28ClN3O2S/c1-4-7-16(10-9-15(2)3)20(18,19)17-8-5-6-13(11-14)12-17/h13H,4-12H2,1-3H3. The zero-order valence-corrected chi connectivity index (χ0v) is 14.5. The van der Waals surface area contributed by atoms with Gasteiger partial charge >= 0.3 is 0 Å². The molecule has 0 aromatic carbocycles. The van der Waals surface area contributed by atoms with Crippen LogP contribution in [0.15, 0.2) is 0 Å². The molecule has 0 radical (unpaired) electrons. The Morgan fingerprint density at radius 3 is 2.50 bits per heavy atom. The Morgan fingerprint density at radius 1 is 1.25 bits per heavy atom. The average molecular weight is 326 g/mol. The van der Waals surface area contributed by atoms with E-state index in [0.717, 1.165) is 25.8 Å². The minimum atomic E-state index is -3.34. The molecule has 0 N–H and O–H groups in total. The van der Waals surface area contributed by atoms with Gasteiger partial charge in [0, 0.05) is 38.6 Å². The van der Waals surface area contributed by atoms with E-state index < -0.39 is 10.2 Å². The van der Waals surface area contributed by atoms with Crippen LogP contribution in [-0.2, 0) is 10.2 Å². The number of hydrogen-bond acceptors (Lipinski definition) is 3. The fourth-order valence-electron chi connectivity index (χ4n) is 2.43. The van der Waals surface area contributed by atoms with Crippen LogP contribution in [0.1, 0.15) is 26.2 Å². The van der Waals surface area contributed by atoms with Crippen molar-refractivity contribution in [2.45, 2.75) is 26.2 Å². The van der Waals surface area contributed by atoms with Crippen molar-refractivity contribution in [3.05, 3.63) is 0 Å². The molecule has 0 aromatic heterocycles. The molecule has 1 aliphatic rings. The number of halogens is 1. The van der Waals surface area contributed by atoms with Crippen LogP contribution >= 0.6 is 11.6 Å². The lowest BCUT2D eigenvalue weighted by Crippen LogP contribution is -2.49. The van der Waals surface area contributed by atoms with Crippen LogP contribution < -0.4 is 0 Å². The lowest BCUT2D eigenvalue weighted by Gasteiger charge is -2.35. The monoisotopic (exact) mass is 325 g/mol. The van der Waals surface area contributed by atoms with Gasteiger partial charge in [-0.05, 0) is 39.3 Å². The molecular weight excluding hydrogens is 298 g/mol. The Morgan fingerprint density at radius 2 is 1.95 bits per heavy atom. The molecule has 0 saturated carbocycles. The minimum absolute atomic E-state index is 0.289. The van der Waals surface area contributed by atoms with Gasteiger partial charge in [0.05, 0.1) is 0 Å². The van der Waals surface area contributed by atoms with E-state index >= 15 is 0 Å². The first-order valence-electron chi connectivity index (χ1n) is 7.37. The molecule has 1 unspecified atom stereocenters. The summed E-state index contributed by atoms with van der Waals surface area (Å²) in [4.78, 5) is 2.01. The van der Waals surface area contributed by atoms with Crippen LogP contribution in [0.4, 0.5) is 0 Å². The highest BCUT2D eigenvalue weighted by Gasteiger charge is 2.32. The summed E-state index contributed by atoms with van der Waals surface area (Å²) in [6.07, 6.45) is 2.77. The summed E-state index contributed by atoms with van der Waals surface area (Å²) in [5.74, 6) is 0.829. The number of alkyl halides is 1. The number of piperidine rings is 1. The molecule has 1 atom stereocenters. The number of rotatable bonds is 8. The van der Waals surface area contributed by atoms with Crippen LogP contribution in [-0.4, -0.2) is 74.6 Å². The fraction of sp³-hybridized carbons (Fsp3) is 1.00. The topological polar surface area (TPSA) is 43.9 Å². The molecule has 1 heterocycles. The van der Waals surface area contributed by atoms with Crippen LogP contribution in [0.25, 0.3) is 0 Å². The summed E-state index contributed by atoms with van der Waals surface area (Å²) in [7, 11) is 0.575. The van der Waals surface area contributed by atoms with E-state index in [2.05, 4.69) is 0 Å². The van der Waals surface area contributed by atoms with Crippen LogP contribution in [0, 0.1) is 5.92 Å². The van der Waals surface area contributed by atoms with Gasteiger partial charge in [0.2, 0.25) is 0 Å². The molecule has 1 aliphatic heterocycles. The smallest absolute Gasteiger partial charge is 0.282 e. The Labute approximate surface area is 129 Å². The summed E-state index contributed by atoms with van der Waals surface area (Å²) in [5, 5.41) is 0. The van der Waals surface area contributed by atoms with Gasteiger partial charge < -0.3 is 4.90 Å². The third-order valence-electron chi connectivity index (χ3n) is 3.62. The molecule has 0 amide bonds. The molecule has 5 nitrogen and oxygen atoms in total. The predicted molar refractivity (Wildman–Crippen MR) is 84.4 cm³/mol. The lowest BCUT2D eigenvalue weighted by atomic mass is 10.0. The molecule has 1 rings (SSSR count). The van der Waals surface area contributed by atoms with Crippen molar-refractivity contribution in [2.24, 2.45) is 5.92 Å². The van der Waals surface area contributed by atoms with E-state index in [4.69, 9.17) is 11.6 Å². The summed E-state index contributed by atoms with van der Waals surface area (Å²) >= 11 is 5.90.